The molecular formula is C21H24FN5O2S. The Morgan fingerprint density at radius 2 is 2.17 bits per heavy atom. The molecular weight excluding hydrogens is 405 g/mol. The second kappa shape index (κ2) is 8.61. The smallest absolute Gasteiger partial charge is 0.210 e. The standard InChI is InChI=1S/C21H24FN5O2S/c1-13-9-18(14(2)26(13)11-17-7-4-8-29-17)19(28)12-30-21-25-24-20(27(21)23)15-5-3-6-16(22)10-15/h3,5-6,9-10,17H,4,7-8,11-12,23H2,1-2H3/t17-/m0/s1. The molecule has 9 heteroatoms. The molecule has 3 heterocycles. The number of hydrogen-bond acceptors (Lipinski definition) is 6. The average Bonchev–Trinajstić information content (AvgIpc) is 3.43. The second-order valence-corrected chi connectivity index (χ2v) is 8.37. The van der Waals surface area contributed by atoms with Gasteiger partial charge in [-0.25, -0.2) is 9.07 Å². The van der Waals surface area contributed by atoms with E-state index in [-0.39, 0.29) is 23.5 Å². The number of hydrogen-bond donors (Lipinski definition) is 1. The number of aryl methyl sites for hydroxylation is 1. The molecule has 3 aromatic rings. The number of rotatable bonds is 7. The number of ketones is 1. The van der Waals surface area contributed by atoms with Gasteiger partial charge in [-0.05, 0) is 44.9 Å². The quantitative estimate of drug-likeness (QED) is 0.352. The van der Waals surface area contributed by atoms with Crippen molar-refractivity contribution in [2.45, 2.75) is 44.5 Å². The van der Waals surface area contributed by atoms with Crippen molar-refractivity contribution in [2.75, 3.05) is 18.2 Å². The van der Waals surface area contributed by atoms with Crippen molar-refractivity contribution in [1.29, 1.82) is 0 Å². The fraction of sp³-hybridized carbons (Fsp3) is 0.381. The number of thioether (sulfide) groups is 1. The van der Waals surface area contributed by atoms with Crippen LogP contribution in [0.2, 0.25) is 0 Å². The molecule has 0 radical (unpaired) electrons. The molecule has 1 saturated heterocycles. The Morgan fingerprint density at radius 3 is 2.90 bits per heavy atom. The zero-order valence-electron chi connectivity index (χ0n) is 17.0. The SMILES string of the molecule is Cc1cc(C(=O)CSc2nnc(-c3cccc(F)c3)n2N)c(C)n1C[C@@H]1CCCO1. The van der Waals surface area contributed by atoms with Crippen LogP contribution in [-0.4, -0.2) is 43.7 Å². The molecule has 0 aliphatic carbocycles. The summed E-state index contributed by atoms with van der Waals surface area (Å²) in [5.74, 6) is 6.23. The zero-order chi connectivity index (χ0) is 21.3. The van der Waals surface area contributed by atoms with Crippen molar-refractivity contribution >= 4 is 17.5 Å². The molecule has 0 saturated carbocycles. The predicted octanol–water partition coefficient (Wildman–Crippen LogP) is 3.37. The maximum atomic E-state index is 13.5. The van der Waals surface area contributed by atoms with Gasteiger partial charge in [-0.15, -0.1) is 10.2 Å². The van der Waals surface area contributed by atoms with Gasteiger partial charge in [0.25, 0.3) is 0 Å². The van der Waals surface area contributed by atoms with Gasteiger partial charge in [-0.2, -0.15) is 0 Å². The van der Waals surface area contributed by atoms with Gasteiger partial charge >= 0.3 is 0 Å². The highest BCUT2D eigenvalue weighted by atomic mass is 32.2. The van der Waals surface area contributed by atoms with Crippen LogP contribution in [0.15, 0.2) is 35.5 Å². The van der Waals surface area contributed by atoms with E-state index in [4.69, 9.17) is 10.6 Å². The normalized spacial score (nSPS) is 16.3. The minimum Gasteiger partial charge on any atom is -0.376 e. The van der Waals surface area contributed by atoms with Crippen molar-refractivity contribution in [1.82, 2.24) is 19.4 Å². The highest BCUT2D eigenvalue weighted by molar-refractivity contribution is 7.99. The molecule has 4 rings (SSSR count). The number of nitrogens with two attached hydrogens (primary N) is 1. The van der Waals surface area contributed by atoms with E-state index in [2.05, 4.69) is 14.8 Å². The summed E-state index contributed by atoms with van der Waals surface area (Å²) >= 11 is 1.21. The minimum absolute atomic E-state index is 0.00185. The predicted molar refractivity (Wildman–Crippen MR) is 114 cm³/mol. The number of aromatic nitrogens is 4. The van der Waals surface area contributed by atoms with Gasteiger partial charge in [0.1, 0.15) is 5.82 Å². The first-order chi connectivity index (χ1) is 14.4. The summed E-state index contributed by atoms with van der Waals surface area (Å²) in [5.41, 5.74) is 3.22. The summed E-state index contributed by atoms with van der Waals surface area (Å²) < 4.78 is 22.7. The van der Waals surface area contributed by atoms with E-state index < -0.39 is 0 Å². The Hall–Kier alpha value is -2.65. The molecule has 2 N–H and O–H groups in total. The summed E-state index contributed by atoms with van der Waals surface area (Å²) in [6, 6.07) is 7.92. The summed E-state index contributed by atoms with van der Waals surface area (Å²) in [5, 5.41) is 8.50. The highest BCUT2D eigenvalue weighted by Crippen LogP contribution is 2.25. The van der Waals surface area contributed by atoms with Crippen LogP contribution in [0.3, 0.4) is 0 Å². The molecule has 0 unspecified atom stereocenters. The first kappa shape index (κ1) is 20.6. The van der Waals surface area contributed by atoms with Crippen LogP contribution < -0.4 is 5.84 Å². The Morgan fingerprint density at radius 1 is 1.33 bits per heavy atom. The molecule has 1 aromatic carbocycles. The van der Waals surface area contributed by atoms with E-state index in [1.54, 1.807) is 12.1 Å². The van der Waals surface area contributed by atoms with Crippen LogP contribution in [0.1, 0.15) is 34.6 Å². The van der Waals surface area contributed by atoms with Crippen molar-refractivity contribution in [2.24, 2.45) is 0 Å². The molecule has 7 nitrogen and oxygen atoms in total. The van der Waals surface area contributed by atoms with E-state index in [1.807, 2.05) is 19.9 Å². The second-order valence-electron chi connectivity index (χ2n) is 7.43. The third kappa shape index (κ3) is 4.13. The third-order valence-electron chi connectivity index (χ3n) is 5.36. The Balaban J connectivity index is 1.45. The van der Waals surface area contributed by atoms with E-state index in [9.17, 15) is 9.18 Å². The van der Waals surface area contributed by atoms with Gasteiger partial charge in [0.05, 0.1) is 11.9 Å². The third-order valence-corrected chi connectivity index (χ3v) is 6.31. The van der Waals surface area contributed by atoms with Crippen LogP contribution in [0, 0.1) is 19.7 Å². The lowest BCUT2D eigenvalue weighted by Gasteiger charge is -2.14. The highest BCUT2D eigenvalue weighted by Gasteiger charge is 2.22. The number of carbonyl (C=O) groups excluding carboxylic acids is 1. The molecule has 1 aliphatic heterocycles. The molecule has 0 spiro atoms. The fourth-order valence-corrected chi connectivity index (χ4v) is 4.50. The van der Waals surface area contributed by atoms with Crippen LogP contribution in [0.4, 0.5) is 4.39 Å². The monoisotopic (exact) mass is 429 g/mol. The Labute approximate surface area is 178 Å². The number of carbonyl (C=O) groups is 1. The molecule has 30 heavy (non-hydrogen) atoms. The number of halogens is 1. The summed E-state index contributed by atoms with van der Waals surface area (Å²) in [4.78, 5) is 12.9. The van der Waals surface area contributed by atoms with E-state index >= 15 is 0 Å². The van der Waals surface area contributed by atoms with Gasteiger partial charge in [0, 0.05) is 35.7 Å². The molecule has 1 fully saturated rings. The lowest BCUT2D eigenvalue weighted by Crippen LogP contribution is -2.17. The maximum Gasteiger partial charge on any atom is 0.210 e. The minimum atomic E-state index is -0.377. The van der Waals surface area contributed by atoms with Gasteiger partial charge in [-0.1, -0.05) is 23.9 Å². The lowest BCUT2D eigenvalue weighted by molar-refractivity contribution is 0.0957. The number of ether oxygens (including phenoxy) is 1. The average molecular weight is 430 g/mol. The largest absolute Gasteiger partial charge is 0.376 e. The van der Waals surface area contributed by atoms with Gasteiger partial charge in [0.15, 0.2) is 11.6 Å². The van der Waals surface area contributed by atoms with E-state index in [0.717, 1.165) is 37.4 Å². The van der Waals surface area contributed by atoms with Crippen molar-refractivity contribution in [3.05, 3.63) is 53.1 Å². The molecule has 0 bridgehead atoms. The van der Waals surface area contributed by atoms with Crippen LogP contribution in [0.5, 0.6) is 0 Å². The number of Topliss-reactive ketones (excluding diaryl/α,β-unsaturated/α-hetero) is 1. The van der Waals surface area contributed by atoms with Crippen LogP contribution in [-0.2, 0) is 11.3 Å². The molecule has 1 atom stereocenters. The Kier molecular flexibility index (Phi) is 5.92. The summed E-state index contributed by atoms with van der Waals surface area (Å²) in [6.45, 7) is 5.55. The van der Waals surface area contributed by atoms with Gasteiger partial charge in [-0.3, -0.25) is 4.79 Å². The van der Waals surface area contributed by atoms with Crippen molar-refractivity contribution < 1.29 is 13.9 Å². The summed E-state index contributed by atoms with van der Waals surface area (Å²) in [6.07, 6.45) is 2.35. The first-order valence-corrected chi connectivity index (χ1v) is 10.8. The maximum absolute atomic E-state index is 13.5. The molecule has 1 aliphatic rings. The number of nitrogen functional groups attached to an aromatic ring is 1. The fourth-order valence-electron chi connectivity index (χ4n) is 3.76. The molecule has 158 valence electrons. The number of nitrogens with zero attached hydrogens (tertiary/aromatic N) is 4. The molecule has 0 amide bonds. The van der Waals surface area contributed by atoms with Gasteiger partial charge < -0.3 is 15.1 Å². The van der Waals surface area contributed by atoms with E-state index in [1.165, 1.54) is 28.6 Å². The zero-order valence-corrected chi connectivity index (χ0v) is 17.8. The van der Waals surface area contributed by atoms with Crippen LogP contribution >= 0.6 is 11.8 Å². The van der Waals surface area contributed by atoms with Crippen molar-refractivity contribution in [3.8, 4) is 11.4 Å². The number of benzene rings is 1. The Bertz CT molecular complexity index is 1070. The first-order valence-electron chi connectivity index (χ1n) is 9.85. The topological polar surface area (TPSA) is 88.0 Å². The van der Waals surface area contributed by atoms with Crippen molar-refractivity contribution in [3.63, 3.8) is 0 Å². The molecule has 2 aromatic heterocycles. The van der Waals surface area contributed by atoms with Crippen LogP contribution in [0.25, 0.3) is 11.4 Å². The van der Waals surface area contributed by atoms with Gasteiger partial charge in [0.2, 0.25) is 5.16 Å². The van der Waals surface area contributed by atoms with E-state index in [0.29, 0.717) is 22.1 Å². The summed E-state index contributed by atoms with van der Waals surface area (Å²) in [7, 11) is 0. The lowest BCUT2D eigenvalue weighted by atomic mass is 10.2.